The second-order valence-electron chi connectivity index (χ2n) is 19.3. The lowest BCUT2D eigenvalue weighted by atomic mass is 9.72. The van der Waals surface area contributed by atoms with Gasteiger partial charge in [0.25, 0.3) is 21.6 Å². The van der Waals surface area contributed by atoms with E-state index in [-0.39, 0.29) is 41.8 Å². The van der Waals surface area contributed by atoms with Crippen molar-refractivity contribution in [1.82, 2.24) is 24.5 Å². The van der Waals surface area contributed by atoms with E-state index in [1.165, 1.54) is 35.0 Å². The molecule has 68 heavy (non-hydrogen) atoms. The molecule has 2 fully saturated rings. The Morgan fingerprint density at radius 2 is 1.76 bits per heavy atom. The lowest BCUT2D eigenvalue weighted by Gasteiger charge is -2.41. The summed E-state index contributed by atoms with van der Waals surface area (Å²) in [4.78, 5) is 37.3. The zero-order chi connectivity index (χ0) is 47.6. The first-order valence-corrected chi connectivity index (χ1v) is 25.2. The van der Waals surface area contributed by atoms with Crippen molar-refractivity contribution in [3.63, 3.8) is 0 Å². The molecule has 9 rings (SSSR count). The number of allylic oxidation sites excluding steroid dienone is 1. The summed E-state index contributed by atoms with van der Waals surface area (Å²) < 4.78 is 57.5. The van der Waals surface area contributed by atoms with Crippen molar-refractivity contribution in [2.45, 2.75) is 81.8 Å². The second-order valence-corrected chi connectivity index (χ2v) is 21.4. The minimum atomic E-state index is -4.65. The molecule has 14 nitrogen and oxygen atoms in total. The Hall–Kier alpha value is -5.65. The van der Waals surface area contributed by atoms with Crippen LogP contribution in [0, 0.1) is 15.5 Å². The van der Waals surface area contributed by atoms with Gasteiger partial charge in [0.15, 0.2) is 0 Å². The van der Waals surface area contributed by atoms with Crippen molar-refractivity contribution in [1.29, 1.82) is 0 Å². The Labute approximate surface area is 401 Å². The number of benzene rings is 3. The molecule has 5 aromatic rings. The molecular formula is C51H57ClFN7O7S. The van der Waals surface area contributed by atoms with E-state index in [2.05, 4.69) is 61.9 Å². The highest BCUT2D eigenvalue weighted by molar-refractivity contribution is 7.90. The van der Waals surface area contributed by atoms with E-state index in [4.69, 9.17) is 21.1 Å². The fourth-order valence-corrected chi connectivity index (χ4v) is 11.0. The SMILES string of the molecule is CC1(C)CCC(CN2CC=C(c3ccc(C(=O)NS(=O)(=O)c4ccc(NCC5(F)CCN(C6CCOCC6)CC5)c([N+](=O)[O-])c4)c(Oc4cnc5[nH]ccc5c4)c3)CC2)=C(c2ccc(Cl)cc2)C1. The van der Waals surface area contributed by atoms with Crippen LogP contribution in [0.15, 0.2) is 102 Å². The molecule has 3 aliphatic heterocycles. The smallest absolute Gasteiger partial charge is 0.293 e. The maximum Gasteiger partial charge on any atom is 0.293 e. The lowest BCUT2D eigenvalue weighted by molar-refractivity contribution is -0.384. The average Bonchev–Trinajstić information content (AvgIpc) is 3.80. The molecule has 17 heteroatoms. The number of alkyl halides is 1. The van der Waals surface area contributed by atoms with Crippen molar-refractivity contribution in [3.05, 3.63) is 129 Å². The number of likely N-dealkylation sites (tertiary alicyclic amines) is 1. The monoisotopic (exact) mass is 965 g/mol. The van der Waals surface area contributed by atoms with E-state index < -0.39 is 37.1 Å². The number of nitro benzene ring substituents is 1. The number of piperidine rings is 1. The first kappa shape index (κ1) is 47.4. The standard InChI is InChI=1S/C51H57ClFN7O7S/c1-50(2)17-11-38(44(30-50)35-3-6-39(52)7-4-35)32-58-21-13-34(14-22-58)36-5-9-43(47(28-36)67-41-27-37-12-20-54-48(37)55-31-41)49(61)57-68(64,65)42-8-10-45(46(29-42)60(62)63)56-33-51(53)18-23-59(24-19-51)40-15-25-66-26-16-40/h3-10,12-13,20,27-29,31,40,56H,11,14-19,21-26,30,32-33H2,1-2H3,(H,54,55)(H,57,61). The van der Waals surface area contributed by atoms with Crippen LogP contribution in [0.4, 0.5) is 15.8 Å². The third kappa shape index (κ3) is 10.9. The number of rotatable bonds is 14. The van der Waals surface area contributed by atoms with Crippen LogP contribution >= 0.6 is 11.6 Å². The van der Waals surface area contributed by atoms with Crippen molar-refractivity contribution < 1.29 is 32.0 Å². The molecule has 358 valence electrons. The molecule has 0 bridgehead atoms. The molecule has 3 aromatic carbocycles. The highest BCUT2D eigenvalue weighted by Crippen LogP contribution is 2.44. The van der Waals surface area contributed by atoms with Gasteiger partial charge in [0, 0.05) is 81.2 Å². The number of aromatic nitrogens is 2. The number of carbonyl (C=O) groups excluding carboxylic acids is 1. The third-order valence-corrected chi connectivity index (χ3v) is 15.6. The lowest BCUT2D eigenvalue weighted by Crippen LogP contribution is -2.50. The fraction of sp³-hybridized carbons (Fsp3) is 0.412. The fourth-order valence-electron chi connectivity index (χ4n) is 9.93. The van der Waals surface area contributed by atoms with Crippen LogP contribution in [0.25, 0.3) is 22.2 Å². The number of ether oxygens (including phenoxy) is 2. The molecule has 1 aliphatic carbocycles. The molecule has 0 spiro atoms. The van der Waals surface area contributed by atoms with Crippen molar-refractivity contribution in [2.24, 2.45) is 5.41 Å². The number of sulfonamides is 1. The molecule has 0 radical (unpaired) electrons. The number of halogens is 2. The molecule has 0 saturated carbocycles. The minimum Gasteiger partial charge on any atom is -0.455 e. The second kappa shape index (κ2) is 19.8. The van der Waals surface area contributed by atoms with E-state index in [9.17, 15) is 23.3 Å². The Bertz CT molecular complexity index is 2870. The predicted octanol–water partition coefficient (Wildman–Crippen LogP) is 10.2. The topological polar surface area (TPSA) is 172 Å². The number of hydrogen-bond acceptors (Lipinski definition) is 11. The summed E-state index contributed by atoms with van der Waals surface area (Å²) in [5.74, 6) is -0.570. The van der Waals surface area contributed by atoms with Crippen LogP contribution < -0.4 is 14.8 Å². The number of hydrogen-bond donors (Lipinski definition) is 3. The number of nitrogens with one attached hydrogen (secondary N) is 3. The van der Waals surface area contributed by atoms with Gasteiger partial charge < -0.3 is 19.8 Å². The summed E-state index contributed by atoms with van der Waals surface area (Å²) in [6.07, 6.45) is 11.7. The Morgan fingerprint density at radius 3 is 2.50 bits per heavy atom. The Balaban J connectivity index is 0.914. The number of anilines is 1. The number of amides is 1. The number of H-pyrrole nitrogens is 1. The molecule has 2 saturated heterocycles. The van der Waals surface area contributed by atoms with Crippen molar-refractivity contribution in [2.75, 3.05) is 57.8 Å². The van der Waals surface area contributed by atoms with Crippen LogP contribution in [0.3, 0.4) is 0 Å². The van der Waals surface area contributed by atoms with E-state index in [1.54, 1.807) is 24.4 Å². The van der Waals surface area contributed by atoms with Gasteiger partial charge in [0.1, 0.15) is 28.5 Å². The zero-order valence-electron chi connectivity index (χ0n) is 38.4. The molecule has 3 N–H and O–H groups in total. The molecule has 1 amide bonds. The van der Waals surface area contributed by atoms with Crippen molar-refractivity contribution >= 4 is 61.1 Å². The normalized spacial score (nSPS) is 19.4. The molecule has 0 unspecified atom stereocenters. The Morgan fingerprint density at radius 1 is 1.00 bits per heavy atom. The minimum absolute atomic E-state index is 0.0265. The molecule has 2 aromatic heterocycles. The molecule has 0 atom stereocenters. The number of pyridine rings is 1. The number of fused-ring (bicyclic) bond motifs is 1. The van der Waals surface area contributed by atoms with Crippen LogP contribution in [0.2, 0.25) is 5.02 Å². The Kier molecular flexibility index (Phi) is 13.8. The van der Waals surface area contributed by atoms with Gasteiger partial charge in [-0.2, -0.15) is 0 Å². The van der Waals surface area contributed by atoms with Gasteiger partial charge in [-0.1, -0.05) is 55.3 Å². The van der Waals surface area contributed by atoms with E-state index in [0.717, 1.165) is 85.3 Å². The van der Waals surface area contributed by atoms with Gasteiger partial charge in [-0.3, -0.25) is 24.7 Å². The van der Waals surface area contributed by atoms with Crippen LogP contribution in [0.5, 0.6) is 11.5 Å². The summed E-state index contributed by atoms with van der Waals surface area (Å²) in [5, 5.41) is 16.6. The molecule has 4 aliphatic rings. The van der Waals surface area contributed by atoms with Crippen LogP contribution in [-0.2, 0) is 14.8 Å². The maximum atomic E-state index is 16.0. The van der Waals surface area contributed by atoms with Crippen LogP contribution in [0.1, 0.15) is 86.7 Å². The molecular weight excluding hydrogens is 909 g/mol. The number of nitrogens with zero attached hydrogens (tertiary/aromatic N) is 4. The van der Waals surface area contributed by atoms with Gasteiger partial charge in [0.05, 0.1) is 21.6 Å². The summed E-state index contributed by atoms with van der Waals surface area (Å²) in [7, 11) is -4.65. The first-order chi connectivity index (χ1) is 32.6. The summed E-state index contributed by atoms with van der Waals surface area (Å²) in [6.45, 7) is 9.37. The van der Waals surface area contributed by atoms with Gasteiger partial charge in [0.2, 0.25) is 0 Å². The van der Waals surface area contributed by atoms with Gasteiger partial charge in [-0.25, -0.2) is 22.5 Å². The zero-order valence-corrected chi connectivity index (χ0v) is 39.9. The van der Waals surface area contributed by atoms with E-state index >= 15 is 4.39 Å². The number of carbonyl (C=O) groups is 1. The summed E-state index contributed by atoms with van der Waals surface area (Å²) >= 11 is 6.25. The van der Waals surface area contributed by atoms with Gasteiger partial charge in [-0.15, -0.1) is 0 Å². The predicted molar refractivity (Wildman–Crippen MR) is 262 cm³/mol. The first-order valence-electron chi connectivity index (χ1n) is 23.3. The highest BCUT2D eigenvalue weighted by Gasteiger charge is 2.38. The average molecular weight is 967 g/mol. The van der Waals surface area contributed by atoms with E-state index in [0.29, 0.717) is 50.3 Å². The quantitative estimate of drug-likeness (QED) is 0.0714. The highest BCUT2D eigenvalue weighted by atomic mass is 35.5. The molecule has 5 heterocycles. The van der Waals surface area contributed by atoms with Gasteiger partial charge in [-0.05, 0) is 128 Å². The van der Waals surface area contributed by atoms with Crippen molar-refractivity contribution in [3.8, 4) is 11.5 Å². The van der Waals surface area contributed by atoms with E-state index in [1.807, 2.05) is 18.2 Å². The number of aromatic amines is 1. The third-order valence-electron chi connectivity index (χ3n) is 14.0. The largest absolute Gasteiger partial charge is 0.455 e. The maximum absolute atomic E-state index is 16.0. The van der Waals surface area contributed by atoms with Crippen LogP contribution in [-0.4, -0.2) is 103 Å². The summed E-state index contributed by atoms with van der Waals surface area (Å²) in [6, 6.07) is 20.4. The summed E-state index contributed by atoms with van der Waals surface area (Å²) in [5.41, 5.74) is 4.51. The van der Waals surface area contributed by atoms with Gasteiger partial charge >= 0.3 is 0 Å². The number of nitro groups is 1.